The molecule has 7 nitrogen and oxygen atoms in total. The van der Waals surface area contributed by atoms with Gasteiger partial charge in [0.1, 0.15) is 5.82 Å². The highest BCUT2D eigenvalue weighted by Gasteiger charge is 2.52. The second-order valence-electron chi connectivity index (χ2n) is 6.79. The van der Waals surface area contributed by atoms with Gasteiger partial charge in [-0.05, 0) is 54.5 Å². The lowest BCUT2D eigenvalue weighted by Crippen LogP contribution is -2.50. The predicted octanol–water partition coefficient (Wildman–Crippen LogP) is 2.20. The first-order valence-corrected chi connectivity index (χ1v) is 7.80. The first-order valence-electron chi connectivity index (χ1n) is 7.80. The molecule has 2 aliphatic carbocycles. The highest BCUT2D eigenvalue weighted by atomic mass is 19.1. The number of aromatic nitrogens is 4. The first-order chi connectivity index (χ1) is 11.5. The Bertz CT molecular complexity index is 787. The number of anilines is 1. The molecule has 1 amide bonds. The van der Waals surface area contributed by atoms with Gasteiger partial charge in [-0.2, -0.15) is 5.21 Å². The summed E-state index contributed by atoms with van der Waals surface area (Å²) in [5.41, 5.74) is 7.92. The van der Waals surface area contributed by atoms with Gasteiger partial charge >= 0.3 is 0 Å². The summed E-state index contributed by atoms with van der Waals surface area (Å²) in [6, 6.07) is 4.24. The van der Waals surface area contributed by atoms with Gasteiger partial charge in [0.05, 0.1) is 5.69 Å². The Morgan fingerprint density at radius 2 is 2.12 bits per heavy atom. The molecule has 0 unspecified atom stereocenters. The number of benzene rings is 1. The fourth-order valence-electron chi connectivity index (χ4n) is 3.78. The smallest absolute Gasteiger partial charge is 0.241 e. The van der Waals surface area contributed by atoms with Crippen LogP contribution in [0.4, 0.5) is 10.1 Å². The van der Waals surface area contributed by atoms with Crippen LogP contribution >= 0.6 is 0 Å². The number of nitrogens with one attached hydrogen (secondary N) is 3. The van der Waals surface area contributed by atoms with Crippen molar-refractivity contribution in [2.75, 3.05) is 5.43 Å². The standard InChI is InChI=1S/C16H17FN6O/c1-9-5-16(6-9)7-11(8-16)15(24)21-18-13-3-10(2-12(17)4-13)14-19-22-23-20-14/h2-4,11,18H,1,5-8H2,(H,21,24)(H,19,20,22,23). The van der Waals surface area contributed by atoms with Crippen LogP contribution in [0.2, 0.25) is 0 Å². The molecule has 0 atom stereocenters. The summed E-state index contributed by atoms with van der Waals surface area (Å²) in [6.07, 6.45) is 3.89. The molecule has 2 aromatic rings. The summed E-state index contributed by atoms with van der Waals surface area (Å²) in [6.45, 7) is 3.96. The number of hydrogen-bond acceptors (Lipinski definition) is 5. The van der Waals surface area contributed by atoms with Crippen molar-refractivity contribution < 1.29 is 9.18 Å². The van der Waals surface area contributed by atoms with Crippen LogP contribution in [0, 0.1) is 17.2 Å². The van der Waals surface area contributed by atoms with Crippen LogP contribution in [0.25, 0.3) is 11.4 Å². The second-order valence-corrected chi connectivity index (χ2v) is 6.79. The molecular weight excluding hydrogens is 311 g/mol. The van der Waals surface area contributed by atoms with Crippen LogP contribution in [-0.2, 0) is 4.79 Å². The van der Waals surface area contributed by atoms with E-state index in [0.29, 0.717) is 16.7 Å². The number of carbonyl (C=O) groups excluding carboxylic acids is 1. The molecule has 4 rings (SSSR count). The zero-order chi connectivity index (χ0) is 16.7. The van der Waals surface area contributed by atoms with E-state index < -0.39 is 5.82 Å². The van der Waals surface area contributed by atoms with E-state index in [1.807, 2.05) is 0 Å². The molecule has 8 heteroatoms. The summed E-state index contributed by atoms with van der Waals surface area (Å²) in [7, 11) is 0. The van der Waals surface area contributed by atoms with Gasteiger partial charge < -0.3 is 0 Å². The van der Waals surface area contributed by atoms with Crippen LogP contribution in [0.3, 0.4) is 0 Å². The fourth-order valence-corrected chi connectivity index (χ4v) is 3.78. The number of tetrazole rings is 1. The lowest BCUT2D eigenvalue weighted by Gasteiger charge is -2.54. The van der Waals surface area contributed by atoms with E-state index in [-0.39, 0.29) is 17.6 Å². The van der Waals surface area contributed by atoms with Gasteiger partial charge in [-0.15, -0.1) is 10.2 Å². The second kappa shape index (κ2) is 5.40. The molecular formula is C16H17FN6O. The van der Waals surface area contributed by atoms with Crippen LogP contribution in [0.15, 0.2) is 30.4 Å². The average Bonchev–Trinajstić information content (AvgIpc) is 3.01. The average molecular weight is 328 g/mol. The van der Waals surface area contributed by atoms with Crippen molar-refractivity contribution in [1.29, 1.82) is 0 Å². The number of rotatable bonds is 4. The molecule has 24 heavy (non-hydrogen) atoms. The third kappa shape index (κ3) is 2.64. The normalized spacial score (nSPS) is 18.8. The van der Waals surface area contributed by atoms with Gasteiger partial charge in [-0.25, -0.2) is 4.39 Å². The molecule has 1 spiro atoms. The maximum Gasteiger partial charge on any atom is 0.241 e. The van der Waals surface area contributed by atoms with Crippen LogP contribution < -0.4 is 10.9 Å². The quantitative estimate of drug-likeness (QED) is 0.591. The van der Waals surface area contributed by atoms with Gasteiger partial charge in [0, 0.05) is 11.5 Å². The number of H-pyrrole nitrogens is 1. The molecule has 2 saturated carbocycles. The number of hydrogen-bond donors (Lipinski definition) is 3. The van der Waals surface area contributed by atoms with Crippen LogP contribution in [-0.4, -0.2) is 26.5 Å². The van der Waals surface area contributed by atoms with Gasteiger partial charge in [-0.3, -0.25) is 15.6 Å². The van der Waals surface area contributed by atoms with E-state index in [1.54, 1.807) is 6.07 Å². The van der Waals surface area contributed by atoms with E-state index in [2.05, 4.69) is 38.1 Å². The van der Waals surface area contributed by atoms with Gasteiger partial charge in [0.2, 0.25) is 11.7 Å². The third-order valence-corrected chi connectivity index (χ3v) is 4.81. The Morgan fingerprint density at radius 3 is 2.79 bits per heavy atom. The third-order valence-electron chi connectivity index (χ3n) is 4.81. The van der Waals surface area contributed by atoms with Gasteiger partial charge in [0.25, 0.3) is 0 Å². The highest BCUT2D eigenvalue weighted by Crippen LogP contribution is 2.60. The Kier molecular flexibility index (Phi) is 3.33. The van der Waals surface area contributed by atoms with Crippen molar-refractivity contribution in [1.82, 2.24) is 26.0 Å². The molecule has 0 aliphatic heterocycles. The van der Waals surface area contributed by atoms with Crippen molar-refractivity contribution >= 4 is 11.6 Å². The van der Waals surface area contributed by atoms with E-state index in [1.165, 1.54) is 17.7 Å². The summed E-state index contributed by atoms with van der Waals surface area (Å²) in [5, 5.41) is 13.4. The van der Waals surface area contributed by atoms with E-state index >= 15 is 0 Å². The van der Waals surface area contributed by atoms with Gasteiger partial charge in [0.15, 0.2) is 0 Å². The Labute approximate surface area is 137 Å². The molecule has 0 radical (unpaired) electrons. The minimum Gasteiger partial charge on any atom is -0.298 e. The van der Waals surface area contributed by atoms with Crippen molar-refractivity contribution in [3.8, 4) is 11.4 Å². The molecule has 1 aromatic carbocycles. The zero-order valence-electron chi connectivity index (χ0n) is 13.0. The zero-order valence-corrected chi connectivity index (χ0v) is 13.0. The molecule has 1 heterocycles. The van der Waals surface area contributed by atoms with Crippen molar-refractivity contribution in [3.05, 3.63) is 36.2 Å². The SMILES string of the molecule is C=C1CC2(C1)CC(C(=O)NNc1cc(F)cc(-c3nn[nH]n3)c1)C2. The van der Waals surface area contributed by atoms with Crippen LogP contribution in [0.5, 0.6) is 0 Å². The molecule has 0 bridgehead atoms. The number of carbonyl (C=O) groups is 1. The Hall–Kier alpha value is -2.77. The maximum atomic E-state index is 13.7. The topological polar surface area (TPSA) is 95.6 Å². The van der Waals surface area contributed by atoms with Crippen molar-refractivity contribution in [3.63, 3.8) is 0 Å². The number of allylic oxidation sites excluding steroid dienone is 1. The fraction of sp³-hybridized carbons (Fsp3) is 0.375. The number of halogens is 1. The molecule has 0 saturated heterocycles. The molecule has 3 N–H and O–H groups in total. The monoisotopic (exact) mass is 328 g/mol. The summed E-state index contributed by atoms with van der Waals surface area (Å²) in [4.78, 5) is 12.2. The molecule has 124 valence electrons. The van der Waals surface area contributed by atoms with Crippen LogP contribution in [0.1, 0.15) is 25.7 Å². The summed E-state index contributed by atoms with van der Waals surface area (Å²) in [5.74, 6) is -0.223. The van der Waals surface area contributed by atoms with Gasteiger partial charge in [-0.1, -0.05) is 12.2 Å². The lowest BCUT2D eigenvalue weighted by molar-refractivity contribution is -0.133. The van der Waals surface area contributed by atoms with Crippen molar-refractivity contribution in [2.24, 2.45) is 11.3 Å². The minimum absolute atomic E-state index is 0.0100. The predicted molar refractivity (Wildman–Crippen MR) is 84.9 cm³/mol. The molecule has 2 fully saturated rings. The minimum atomic E-state index is -0.454. The number of nitrogens with zero attached hydrogens (tertiary/aromatic N) is 3. The number of hydrazine groups is 1. The van der Waals surface area contributed by atoms with Crippen molar-refractivity contribution in [2.45, 2.75) is 25.7 Å². The number of aromatic amines is 1. The summed E-state index contributed by atoms with van der Waals surface area (Å²) >= 11 is 0. The molecule has 2 aliphatic rings. The van der Waals surface area contributed by atoms with E-state index in [4.69, 9.17) is 0 Å². The molecule has 1 aromatic heterocycles. The largest absolute Gasteiger partial charge is 0.298 e. The Morgan fingerprint density at radius 1 is 1.33 bits per heavy atom. The summed E-state index contributed by atoms with van der Waals surface area (Å²) < 4.78 is 13.7. The first kappa shape index (κ1) is 14.8. The van der Waals surface area contributed by atoms with E-state index in [9.17, 15) is 9.18 Å². The lowest BCUT2D eigenvalue weighted by atomic mass is 9.50. The number of amides is 1. The Balaban J connectivity index is 1.36. The highest BCUT2D eigenvalue weighted by molar-refractivity contribution is 5.81. The van der Waals surface area contributed by atoms with E-state index in [0.717, 1.165) is 25.7 Å². The maximum absolute atomic E-state index is 13.7.